The summed E-state index contributed by atoms with van der Waals surface area (Å²) in [5.74, 6) is 1.55. The largest absolute Gasteiger partial charge is 0.508 e. The topological polar surface area (TPSA) is 99.6 Å². The summed E-state index contributed by atoms with van der Waals surface area (Å²) in [4.78, 5) is 21.4. The van der Waals surface area contributed by atoms with Crippen LogP contribution in [0.4, 0.5) is 5.82 Å². The Bertz CT molecular complexity index is 1310. The Morgan fingerprint density at radius 1 is 0.969 bits per heavy atom. The van der Waals surface area contributed by atoms with Crippen molar-refractivity contribution >= 4 is 16.7 Å². The summed E-state index contributed by atoms with van der Waals surface area (Å²) >= 11 is 0. The molecule has 0 radical (unpaired) electrons. The molecule has 0 saturated heterocycles. The Morgan fingerprint density at radius 2 is 1.91 bits per heavy atom. The van der Waals surface area contributed by atoms with Crippen LogP contribution in [0.5, 0.6) is 5.75 Å². The molecule has 4 heterocycles. The predicted molar refractivity (Wildman–Crippen MR) is 125 cm³/mol. The second-order valence-electron chi connectivity index (χ2n) is 7.55. The number of aromatic nitrogens is 5. The summed E-state index contributed by atoms with van der Waals surface area (Å²) in [5.41, 5.74) is 5.70. The van der Waals surface area contributed by atoms with Crippen molar-refractivity contribution in [1.29, 1.82) is 0 Å². The average molecular weight is 422 g/mol. The molecule has 7 nitrogen and oxygen atoms in total. The van der Waals surface area contributed by atoms with Crippen LogP contribution in [0.2, 0.25) is 0 Å². The van der Waals surface area contributed by atoms with Crippen molar-refractivity contribution in [2.45, 2.75) is 13.3 Å². The predicted octanol–water partition coefficient (Wildman–Crippen LogP) is 4.75. The summed E-state index contributed by atoms with van der Waals surface area (Å²) < 4.78 is 0. The molecule has 0 amide bonds. The van der Waals surface area contributed by atoms with Crippen LogP contribution in [0.3, 0.4) is 0 Å². The zero-order valence-electron chi connectivity index (χ0n) is 17.6. The minimum absolute atomic E-state index is 0.266. The van der Waals surface area contributed by atoms with Crippen molar-refractivity contribution in [3.05, 3.63) is 84.4 Å². The van der Waals surface area contributed by atoms with Crippen molar-refractivity contribution in [1.82, 2.24) is 24.9 Å². The number of anilines is 1. The molecular formula is C25H22N6O. The maximum atomic E-state index is 9.89. The van der Waals surface area contributed by atoms with Crippen LogP contribution in [0, 0.1) is 6.92 Å². The molecule has 7 heteroatoms. The fourth-order valence-electron chi connectivity index (χ4n) is 3.82. The molecule has 32 heavy (non-hydrogen) atoms. The van der Waals surface area contributed by atoms with Gasteiger partial charge in [0.05, 0.1) is 5.69 Å². The smallest absolute Gasteiger partial charge is 0.180 e. The molecule has 158 valence electrons. The number of phenols is 1. The number of aromatic amines is 1. The first-order chi connectivity index (χ1) is 15.7. The van der Waals surface area contributed by atoms with E-state index in [1.54, 1.807) is 30.7 Å². The Hall–Kier alpha value is -4.26. The zero-order chi connectivity index (χ0) is 21.9. The highest BCUT2D eigenvalue weighted by Crippen LogP contribution is 2.27. The van der Waals surface area contributed by atoms with Gasteiger partial charge in [-0.15, -0.1) is 0 Å². The van der Waals surface area contributed by atoms with Gasteiger partial charge in [0.1, 0.15) is 17.3 Å². The van der Waals surface area contributed by atoms with Crippen LogP contribution >= 0.6 is 0 Å². The fourth-order valence-corrected chi connectivity index (χ4v) is 3.82. The van der Waals surface area contributed by atoms with Gasteiger partial charge in [-0.25, -0.2) is 9.97 Å². The number of benzene rings is 1. The van der Waals surface area contributed by atoms with Gasteiger partial charge in [-0.3, -0.25) is 9.97 Å². The maximum Gasteiger partial charge on any atom is 0.180 e. The first-order valence-corrected chi connectivity index (χ1v) is 10.4. The van der Waals surface area contributed by atoms with Gasteiger partial charge in [-0.1, -0.05) is 6.07 Å². The fraction of sp³-hybridized carbons (Fsp3) is 0.120. The number of nitrogens with one attached hydrogen (secondary N) is 2. The van der Waals surface area contributed by atoms with E-state index in [0.29, 0.717) is 18.1 Å². The molecule has 0 aliphatic heterocycles. The van der Waals surface area contributed by atoms with Gasteiger partial charge in [-0.2, -0.15) is 0 Å². The number of aryl methyl sites for hydroxylation is 1. The Labute approximate surface area is 185 Å². The maximum absolute atomic E-state index is 9.89. The van der Waals surface area contributed by atoms with Gasteiger partial charge in [0.15, 0.2) is 5.82 Å². The summed E-state index contributed by atoms with van der Waals surface area (Å²) in [6.07, 6.45) is 6.04. The number of fused-ring (bicyclic) bond motifs is 1. The molecule has 0 unspecified atom stereocenters. The first-order valence-electron chi connectivity index (χ1n) is 10.4. The van der Waals surface area contributed by atoms with Gasteiger partial charge >= 0.3 is 0 Å². The quantitative estimate of drug-likeness (QED) is 0.365. The van der Waals surface area contributed by atoms with E-state index >= 15 is 0 Å². The molecule has 0 fully saturated rings. The van der Waals surface area contributed by atoms with E-state index in [4.69, 9.17) is 9.97 Å². The van der Waals surface area contributed by atoms with Crippen molar-refractivity contribution in [2.24, 2.45) is 0 Å². The molecular weight excluding hydrogens is 400 g/mol. The Balaban J connectivity index is 1.43. The van der Waals surface area contributed by atoms with Crippen LogP contribution < -0.4 is 5.32 Å². The third kappa shape index (κ3) is 4.00. The molecule has 0 aliphatic rings. The van der Waals surface area contributed by atoms with E-state index in [2.05, 4.69) is 27.2 Å². The van der Waals surface area contributed by atoms with Crippen molar-refractivity contribution in [3.8, 4) is 28.5 Å². The highest BCUT2D eigenvalue weighted by atomic mass is 16.3. The Morgan fingerprint density at radius 3 is 2.72 bits per heavy atom. The van der Waals surface area contributed by atoms with E-state index < -0.39 is 0 Å². The number of H-pyrrole nitrogens is 1. The number of rotatable bonds is 6. The molecule has 5 aromatic rings. The van der Waals surface area contributed by atoms with Crippen LogP contribution in [-0.2, 0) is 6.42 Å². The van der Waals surface area contributed by atoms with E-state index in [1.165, 1.54) is 5.56 Å². The summed E-state index contributed by atoms with van der Waals surface area (Å²) in [5, 5.41) is 14.4. The average Bonchev–Trinajstić information content (AvgIpc) is 3.14. The number of nitrogens with zero attached hydrogens (tertiary/aromatic N) is 4. The molecule has 0 spiro atoms. The van der Waals surface area contributed by atoms with Crippen molar-refractivity contribution in [2.75, 3.05) is 11.9 Å². The van der Waals surface area contributed by atoms with Crippen LogP contribution in [0.15, 0.2) is 73.2 Å². The zero-order valence-corrected chi connectivity index (χ0v) is 17.6. The van der Waals surface area contributed by atoms with Gasteiger partial charge in [0.25, 0.3) is 0 Å². The highest BCUT2D eigenvalue weighted by molar-refractivity contribution is 5.86. The van der Waals surface area contributed by atoms with Crippen molar-refractivity contribution < 1.29 is 5.11 Å². The number of aromatic hydroxyl groups is 1. The SMILES string of the molecule is Cc1[nH]c2ccc(O)cc2c1CCNc1cc(-c2cccnc2)nc(-c2ccccn2)n1. The molecule has 3 N–H and O–H groups in total. The Kier molecular flexibility index (Phi) is 5.21. The molecule has 4 aromatic heterocycles. The van der Waals surface area contributed by atoms with Gasteiger partial charge in [-0.05, 0) is 61.4 Å². The molecule has 0 saturated carbocycles. The first kappa shape index (κ1) is 19.7. The number of hydrogen-bond acceptors (Lipinski definition) is 6. The van der Waals surface area contributed by atoms with Gasteiger partial charge < -0.3 is 15.4 Å². The highest BCUT2D eigenvalue weighted by Gasteiger charge is 2.12. The number of phenolic OH excluding ortho intramolecular Hbond substituents is 1. The van der Waals surface area contributed by atoms with E-state index in [-0.39, 0.29) is 5.75 Å². The molecule has 0 atom stereocenters. The summed E-state index contributed by atoms with van der Waals surface area (Å²) in [6.45, 7) is 2.73. The van der Waals surface area contributed by atoms with Gasteiger partial charge in [0, 0.05) is 53.4 Å². The lowest BCUT2D eigenvalue weighted by molar-refractivity contribution is 0.476. The third-order valence-electron chi connectivity index (χ3n) is 5.36. The number of pyridine rings is 2. The van der Waals surface area contributed by atoms with Gasteiger partial charge in [0.2, 0.25) is 0 Å². The summed E-state index contributed by atoms with van der Waals surface area (Å²) in [7, 11) is 0. The molecule has 1 aromatic carbocycles. The standard InChI is InChI=1S/C25H22N6O/c1-16-19(20-13-18(32)7-8-21(20)29-16)9-12-28-24-14-23(17-5-4-10-26-15-17)30-25(31-24)22-6-2-3-11-27-22/h2-8,10-11,13-15,29,32H,9,12H2,1H3,(H,28,30,31). The van der Waals surface area contributed by atoms with Crippen LogP contribution in [0.1, 0.15) is 11.3 Å². The van der Waals surface area contributed by atoms with E-state index in [9.17, 15) is 5.11 Å². The second kappa shape index (κ2) is 8.47. The van der Waals surface area contributed by atoms with E-state index in [1.807, 2.05) is 42.5 Å². The lowest BCUT2D eigenvalue weighted by Gasteiger charge is -2.10. The lowest BCUT2D eigenvalue weighted by Crippen LogP contribution is -2.08. The minimum atomic E-state index is 0.266. The normalized spacial score (nSPS) is 11.0. The van der Waals surface area contributed by atoms with Crippen LogP contribution in [0.25, 0.3) is 33.7 Å². The van der Waals surface area contributed by atoms with Crippen LogP contribution in [-0.4, -0.2) is 36.6 Å². The molecule has 5 rings (SSSR count). The van der Waals surface area contributed by atoms with E-state index in [0.717, 1.165) is 40.1 Å². The lowest BCUT2D eigenvalue weighted by atomic mass is 10.1. The third-order valence-corrected chi connectivity index (χ3v) is 5.36. The second-order valence-corrected chi connectivity index (χ2v) is 7.55. The molecule has 0 aliphatic carbocycles. The number of hydrogen-bond donors (Lipinski definition) is 3. The summed E-state index contributed by atoms with van der Waals surface area (Å²) in [6, 6.07) is 16.9. The molecule has 0 bridgehead atoms. The van der Waals surface area contributed by atoms with Crippen molar-refractivity contribution in [3.63, 3.8) is 0 Å². The monoisotopic (exact) mass is 422 g/mol. The minimum Gasteiger partial charge on any atom is -0.508 e.